The van der Waals surface area contributed by atoms with Crippen molar-refractivity contribution < 1.29 is 85.8 Å². The predicted octanol–water partition coefficient (Wildman–Crippen LogP) is 8.32. The molecule has 0 radical (unpaired) electrons. The molecule has 5 aromatic rings. The summed E-state index contributed by atoms with van der Waals surface area (Å²) in [5.74, 6) is -5.48. The molecular weight excluding hydrogens is 1070 g/mol. The Bertz CT molecular complexity index is 3080. The van der Waals surface area contributed by atoms with Crippen LogP contribution >= 0.6 is 7.82 Å². The highest BCUT2D eigenvalue weighted by Crippen LogP contribution is 2.64. The number of aliphatic hydroxyl groups excluding tert-OH is 1. The van der Waals surface area contributed by atoms with Crippen molar-refractivity contribution in [2.24, 2.45) is 16.7 Å². The summed E-state index contributed by atoms with van der Waals surface area (Å²) in [5.41, 5.74) is -6.56. The zero-order chi connectivity index (χ0) is 57.7. The van der Waals surface area contributed by atoms with E-state index in [0.29, 0.717) is 16.7 Å². The molecule has 2 saturated carbocycles. The lowest BCUT2D eigenvalue weighted by Gasteiger charge is -2.67. The van der Waals surface area contributed by atoms with E-state index >= 15 is 9.59 Å². The summed E-state index contributed by atoms with van der Waals surface area (Å²) in [4.78, 5) is 72.8. The van der Waals surface area contributed by atoms with Crippen LogP contribution in [-0.4, -0.2) is 113 Å². The van der Waals surface area contributed by atoms with E-state index in [1.165, 1.54) is 46.8 Å². The van der Waals surface area contributed by atoms with Crippen LogP contribution in [0.25, 0.3) is 0 Å². The number of carbonyl (C=O) groups is 5. The van der Waals surface area contributed by atoms with E-state index in [2.05, 4.69) is 5.32 Å². The van der Waals surface area contributed by atoms with E-state index in [9.17, 15) is 34.3 Å². The molecule has 1 saturated heterocycles. The van der Waals surface area contributed by atoms with Crippen LogP contribution in [0.1, 0.15) is 90.9 Å². The molecule has 19 nitrogen and oxygen atoms in total. The molecule has 1 amide bonds. The molecule has 3 fully saturated rings. The molecule has 20 heteroatoms. The van der Waals surface area contributed by atoms with Gasteiger partial charge in [0.05, 0.1) is 49.6 Å². The maximum absolute atomic E-state index is 15.9. The first kappa shape index (κ1) is 58.7. The minimum atomic E-state index is -4.50. The van der Waals surface area contributed by atoms with Crippen LogP contribution in [0.2, 0.25) is 0 Å². The third-order valence-corrected chi connectivity index (χ3v) is 17.6. The normalized spacial score (nSPS) is 27.3. The first-order chi connectivity index (χ1) is 38.7. The van der Waals surface area contributed by atoms with Crippen LogP contribution < -0.4 is 5.32 Å². The maximum Gasteiger partial charge on any atom is 0.509 e. The number of hydrogen-bond donors (Lipinski definition) is 4. The van der Waals surface area contributed by atoms with Gasteiger partial charge in [0.1, 0.15) is 35.6 Å². The number of hydrogen-bond acceptors (Lipinski definition) is 18. The van der Waals surface area contributed by atoms with Gasteiger partial charge in [-0.3, -0.25) is 23.2 Å². The number of esters is 2. The number of nitrogens with one attached hydrogen (secondary N) is 1. The first-order valence-corrected chi connectivity index (χ1v) is 28.1. The summed E-state index contributed by atoms with van der Waals surface area (Å²) in [6.07, 6.45) is -12.3. The van der Waals surface area contributed by atoms with E-state index < -0.39 is 128 Å². The maximum atomic E-state index is 15.9. The van der Waals surface area contributed by atoms with Gasteiger partial charge in [-0.15, -0.1) is 0 Å². The molecule has 1 aliphatic heterocycles. The van der Waals surface area contributed by atoms with Gasteiger partial charge in [-0.2, -0.15) is 0 Å². The Labute approximate surface area is 469 Å². The van der Waals surface area contributed by atoms with Crippen molar-refractivity contribution in [3.8, 4) is 0 Å². The van der Waals surface area contributed by atoms with Crippen molar-refractivity contribution in [2.45, 2.75) is 115 Å². The smallest absolute Gasteiger partial charge is 0.455 e. The molecule has 4 N–H and O–H groups in total. The SMILES string of the molecule is CCOC(=O)OC(C(=O)OC1CC2(O)C(OC(=O)c3ccccc3)C3[C@]4(O)COC4CC(OCOP(=O)(OCc4ccccc4)OCc4ccccc4)[C@@]3(C)C(=O)C(O)C(=C1C)C2(C)C)C(NC(=O)c1ccccc1)c1ccccc1. The standard InChI is InChI=1S/C61H66NO18P/c1-6-72-57(68)79-50(48(41-26-16-9-17-27-41)62-54(65)42-28-18-10-19-29-42)56(67)78-44-33-61(70)53(80-55(66)43-30-20-11-21-31-43)51-59(5,52(64)49(63)47(38(44)2)58(61,3)4)45(32-46-60(51,69)36-73-46)74-37-77-81(71,75-34-39-22-12-7-13-23-39)76-35-40-24-14-8-15-25-40/h7-31,44-46,48-51,53,63,69-70H,6,32-37H2,1-5H3,(H,62,65)/t44?,45?,46?,48?,49?,50?,51?,53?,59-,60+,61?/m1/s1. The number of ketones is 1. The van der Waals surface area contributed by atoms with E-state index in [1.807, 2.05) is 12.1 Å². The zero-order valence-electron chi connectivity index (χ0n) is 45.4. The van der Waals surface area contributed by atoms with Gasteiger partial charge in [0.15, 0.2) is 12.6 Å². The van der Waals surface area contributed by atoms with Crippen molar-refractivity contribution in [2.75, 3.05) is 20.0 Å². The molecule has 3 aliphatic carbocycles. The summed E-state index contributed by atoms with van der Waals surface area (Å²) in [6.45, 7) is 5.75. The van der Waals surface area contributed by atoms with E-state index in [-0.39, 0.29) is 48.5 Å². The molecule has 1 heterocycles. The highest BCUT2D eigenvalue weighted by Gasteiger charge is 2.77. The Morgan fingerprint density at radius 3 is 1.84 bits per heavy atom. The van der Waals surface area contributed by atoms with Crippen LogP contribution in [0.5, 0.6) is 0 Å². The highest BCUT2D eigenvalue weighted by molar-refractivity contribution is 7.48. The van der Waals surface area contributed by atoms with Crippen LogP contribution in [0.4, 0.5) is 4.79 Å². The fourth-order valence-electron chi connectivity index (χ4n) is 11.9. The summed E-state index contributed by atoms with van der Waals surface area (Å²) in [5, 5.41) is 42.7. The second-order valence-electron chi connectivity index (χ2n) is 21.3. The van der Waals surface area contributed by atoms with E-state index in [1.54, 1.807) is 127 Å². The van der Waals surface area contributed by atoms with Gasteiger partial charge in [-0.05, 0) is 72.9 Å². The fourth-order valence-corrected chi connectivity index (χ4v) is 12.9. The molecule has 2 bridgehead atoms. The van der Waals surface area contributed by atoms with Crippen LogP contribution in [-0.2, 0) is 69.4 Å². The van der Waals surface area contributed by atoms with Crippen LogP contribution in [0, 0.1) is 16.7 Å². The monoisotopic (exact) mass is 1130 g/mol. The number of phosphoric ester groups is 1. The average molecular weight is 1130 g/mol. The Hall–Kier alpha value is -6.90. The summed E-state index contributed by atoms with van der Waals surface area (Å²) < 4.78 is 68.1. The lowest BCUT2D eigenvalue weighted by atomic mass is 9.44. The summed E-state index contributed by atoms with van der Waals surface area (Å²) >= 11 is 0. The minimum Gasteiger partial charge on any atom is -0.455 e. The zero-order valence-corrected chi connectivity index (χ0v) is 46.3. The van der Waals surface area contributed by atoms with E-state index in [0.717, 1.165) is 0 Å². The molecule has 9 rings (SSSR count). The number of aliphatic hydroxyl groups is 3. The largest absolute Gasteiger partial charge is 0.509 e. The van der Waals surface area contributed by atoms with Gasteiger partial charge in [-0.1, -0.05) is 141 Å². The van der Waals surface area contributed by atoms with Gasteiger partial charge in [0.25, 0.3) is 5.91 Å². The van der Waals surface area contributed by atoms with Crippen molar-refractivity contribution in [1.82, 2.24) is 5.32 Å². The Kier molecular flexibility index (Phi) is 17.6. The van der Waals surface area contributed by atoms with Crippen molar-refractivity contribution in [1.29, 1.82) is 0 Å². The highest BCUT2D eigenvalue weighted by atomic mass is 31.2. The average Bonchev–Trinajstić information content (AvgIpc) is 0.972. The van der Waals surface area contributed by atoms with Crippen molar-refractivity contribution >= 4 is 37.6 Å². The summed E-state index contributed by atoms with van der Waals surface area (Å²) in [6, 6.07) is 40.5. The van der Waals surface area contributed by atoms with Crippen molar-refractivity contribution in [3.63, 3.8) is 0 Å². The Morgan fingerprint density at radius 2 is 1.30 bits per heavy atom. The number of amides is 1. The van der Waals surface area contributed by atoms with Gasteiger partial charge in [-0.25, -0.2) is 18.9 Å². The molecule has 5 aromatic carbocycles. The molecule has 81 heavy (non-hydrogen) atoms. The number of carbonyl (C=O) groups excluding carboxylic acids is 5. The van der Waals surface area contributed by atoms with Crippen LogP contribution in [0.3, 0.4) is 0 Å². The lowest BCUT2D eigenvalue weighted by Crippen LogP contribution is -2.81. The Morgan fingerprint density at radius 1 is 0.753 bits per heavy atom. The second kappa shape index (κ2) is 24.3. The summed E-state index contributed by atoms with van der Waals surface area (Å²) in [7, 11) is -4.50. The number of fused-ring (bicyclic) bond motifs is 5. The topological polar surface area (TPSA) is 258 Å². The molecular formula is C61H66NO18P. The third-order valence-electron chi connectivity index (χ3n) is 16.3. The number of ether oxygens (including phenoxy) is 6. The van der Waals surface area contributed by atoms with Gasteiger partial charge in [0, 0.05) is 29.7 Å². The third kappa shape index (κ3) is 11.8. The molecule has 0 spiro atoms. The van der Waals surface area contributed by atoms with Gasteiger partial charge >= 0.3 is 25.9 Å². The molecule has 9 unspecified atom stereocenters. The van der Waals surface area contributed by atoms with Gasteiger partial charge in [0.2, 0.25) is 6.10 Å². The fraction of sp³-hybridized carbons (Fsp3) is 0.393. The predicted molar refractivity (Wildman–Crippen MR) is 289 cm³/mol. The van der Waals surface area contributed by atoms with E-state index in [4.69, 9.17) is 42.0 Å². The number of Topliss-reactive ketones (excluding diaryl/α,β-unsaturated/α-hetero) is 1. The molecule has 11 atom stereocenters. The first-order valence-electron chi connectivity index (χ1n) is 26.7. The molecule has 428 valence electrons. The lowest BCUT2D eigenvalue weighted by molar-refractivity contribution is -0.349. The minimum absolute atomic E-state index is 0.0374. The van der Waals surface area contributed by atoms with Gasteiger partial charge < -0.3 is 49.1 Å². The van der Waals surface area contributed by atoms with Crippen LogP contribution in [0.15, 0.2) is 163 Å². The quantitative estimate of drug-likeness (QED) is 0.0188. The molecule has 4 aliphatic rings. The second-order valence-corrected chi connectivity index (χ2v) is 23.0. The number of phosphoric acid groups is 1. The molecule has 0 aromatic heterocycles. The van der Waals surface area contributed by atoms with Crippen molar-refractivity contribution in [3.05, 3.63) is 191 Å². The number of benzene rings is 5. The number of rotatable bonds is 20. The Balaban J connectivity index is 1.11.